The molecule has 1 aromatic rings. The molecule has 1 fully saturated rings. The monoisotopic (exact) mass is 417 g/mol. The quantitative estimate of drug-likeness (QED) is 0.557. The van der Waals surface area contributed by atoms with Gasteiger partial charge in [-0.25, -0.2) is 0 Å². The summed E-state index contributed by atoms with van der Waals surface area (Å²) in [6.07, 6.45) is 1.82. The zero-order valence-electron chi connectivity index (χ0n) is 12.7. The molecule has 1 aliphatic heterocycles. The van der Waals surface area contributed by atoms with Gasteiger partial charge in [-0.3, -0.25) is 9.59 Å². The van der Waals surface area contributed by atoms with E-state index in [9.17, 15) is 9.59 Å². The first-order chi connectivity index (χ1) is 10.6. The Morgan fingerprint density at radius 3 is 2.77 bits per heavy atom. The van der Waals surface area contributed by atoms with Crippen molar-refractivity contribution in [3.63, 3.8) is 0 Å². The normalized spacial score (nSPS) is 21.2. The van der Waals surface area contributed by atoms with Crippen molar-refractivity contribution in [3.8, 4) is 0 Å². The number of piperidine rings is 1. The second-order valence-electron chi connectivity index (χ2n) is 5.53. The topological polar surface area (TPSA) is 59.8 Å². The second-order valence-corrected chi connectivity index (χ2v) is 6.77. The molecule has 0 aliphatic carbocycles. The summed E-state index contributed by atoms with van der Waals surface area (Å²) in [6, 6.07) is 7.71. The molecule has 2 rings (SSSR count). The molecule has 0 saturated carbocycles. The van der Waals surface area contributed by atoms with Gasteiger partial charge in [-0.2, -0.15) is 0 Å². The maximum atomic E-state index is 12.1. The summed E-state index contributed by atoms with van der Waals surface area (Å²) in [7, 11) is 0. The highest BCUT2D eigenvalue weighted by Gasteiger charge is 2.30. The summed E-state index contributed by atoms with van der Waals surface area (Å²) < 4.78 is 6.22. The van der Waals surface area contributed by atoms with Crippen LogP contribution in [-0.2, 0) is 14.3 Å². The van der Waals surface area contributed by atoms with Gasteiger partial charge >= 0.3 is 5.97 Å². The fraction of sp³-hybridized carbons (Fsp3) is 0.500. The van der Waals surface area contributed by atoms with Gasteiger partial charge in [0.05, 0.1) is 19.7 Å². The molecule has 1 saturated heterocycles. The van der Waals surface area contributed by atoms with Gasteiger partial charge < -0.3 is 15.0 Å². The van der Waals surface area contributed by atoms with Crippen LogP contribution >= 0.6 is 22.6 Å². The van der Waals surface area contributed by atoms with E-state index in [1.54, 1.807) is 0 Å². The number of halogens is 1. The number of rotatable bonds is 5. The van der Waals surface area contributed by atoms with Crippen LogP contribution in [0.4, 0.5) is 5.69 Å². The molecule has 6 heteroatoms. The number of amides is 1. The van der Waals surface area contributed by atoms with Crippen LogP contribution in [0, 0.1) is 9.49 Å². The lowest BCUT2D eigenvalue weighted by Crippen LogP contribution is -3.14. The summed E-state index contributed by atoms with van der Waals surface area (Å²) >= 11 is 2.23. The van der Waals surface area contributed by atoms with E-state index < -0.39 is 0 Å². The fourth-order valence-corrected chi connectivity index (χ4v) is 3.10. The molecule has 1 aromatic carbocycles. The predicted octanol–water partition coefficient (Wildman–Crippen LogP) is 1.09. The van der Waals surface area contributed by atoms with Crippen molar-refractivity contribution in [2.75, 3.05) is 31.6 Å². The maximum absolute atomic E-state index is 12.1. The highest BCUT2D eigenvalue weighted by molar-refractivity contribution is 14.1. The summed E-state index contributed by atoms with van der Waals surface area (Å²) in [5, 5.41) is 2.91. The largest absolute Gasteiger partial charge is 0.466 e. The van der Waals surface area contributed by atoms with Gasteiger partial charge in [-0.05, 0) is 66.6 Å². The predicted molar refractivity (Wildman–Crippen MR) is 92.7 cm³/mol. The van der Waals surface area contributed by atoms with Crippen LogP contribution in [0.1, 0.15) is 19.8 Å². The van der Waals surface area contributed by atoms with Gasteiger partial charge in [0.15, 0.2) is 6.54 Å². The summed E-state index contributed by atoms with van der Waals surface area (Å²) in [4.78, 5) is 25.1. The Hall–Kier alpha value is -1.15. The standard InChI is InChI=1S/C16H21IN2O3/c1-2-22-16(21)12-4-3-9-19(10-12)11-15(20)18-14-7-5-13(17)6-8-14/h5-8,12H,2-4,9-11H2,1H3,(H,18,20)/p+1/t12-/m0/s1. The van der Waals surface area contributed by atoms with Gasteiger partial charge in [0.25, 0.3) is 5.91 Å². The number of likely N-dealkylation sites (tertiary alicyclic amines) is 1. The molecule has 2 atom stereocenters. The molecule has 2 N–H and O–H groups in total. The van der Waals surface area contributed by atoms with Crippen LogP contribution in [0.3, 0.4) is 0 Å². The zero-order valence-corrected chi connectivity index (χ0v) is 14.9. The maximum Gasteiger partial charge on any atom is 0.314 e. The van der Waals surface area contributed by atoms with Crippen molar-refractivity contribution in [3.05, 3.63) is 27.8 Å². The van der Waals surface area contributed by atoms with Crippen LogP contribution in [0.2, 0.25) is 0 Å². The van der Waals surface area contributed by atoms with E-state index in [1.807, 2.05) is 31.2 Å². The smallest absolute Gasteiger partial charge is 0.314 e. The Balaban J connectivity index is 1.83. The minimum absolute atomic E-state index is 0.0132. The van der Waals surface area contributed by atoms with E-state index >= 15 is 0 Å². The molecular formula is C16H22IN2O3+. The lowest BCUT2D eigenvalue weighted by molar-refractivity contribution is -0.899. The Morgan fingerprint density at radius 2 is 2.09 bits per heavy atom. The Bertz CT molecular complexity index is 519. The number of carbonyl (C=O) groups is 2. The average molecular weight is 417 g/mol. The number of hydrogen-bond acceptors (Lipinski definition) is 3. The van der Waals surface area contributed by atoms with Crippen molar-refractivity contribution in [2.24, 2.45) is 5.92 Å². The lowest BCUT2D eigenvalue weighted by Gasteiger charge is -2.28. The third-order valence-electron chi connectivity index (χ3n) is 3.78. The molecule has 0 spiro atoms. The molecular weight excluding hydrogens is 395 g/mol. The van der Waals surface area contributed by atoms with Crippen LogP contribution in [0.5, 0.6) is 0 Å². The number of hydrogen-bond donors (Lipinski definition) is 2. The summed E-state index contributed by atoms with van der Waals surface area (Å²) in [5.74, 6) is -0.215. The van der Waals surface area contributed by atoms with Gasteiger partial charge in [0, 0.05) is 9.26 Å². The van der Waals surface area contributed by atoms with Crippen molar-refractivity contribution in [1.29, 1.82) is 0 Å². The summed E-state index contributed by atoms with van der Waals surface area (Å²) in [6.45, 7) is 4.23. The number of nitrogens with one attached hydrogen (secondary N) is 2. The van der Waals surface area contributed by atoms with E-state index in [4.69, 9.17) is 4.74 Å². The number of esters is 1. The lowest BCUT2D eigenvalue weighted by atomic mass is 9.98. The SMILES string of the molecule is CCOC(=O)[C@H]1CCC[NH+](CC(=O)Nc2ccc(I)cc2)C1. The number of benzene rings is 1. The molecule has 1 heterocycles. The minimum Gasteiger partial charge on any atom is -0.466 e. The molecule has 0 bridgehead atoms. The number of ether oxygens (including phenoxy) is 1. The van der Waals surface area contributed by atoms with Gasteiger partial charge in [0.2, 0.25) is 0 Å². The summed E-state index contributed by atoms with van der Waals surface area (Å²) in [5.41, 5.74) is 0.809. The van der Waals surface area contributed by atoms with Crippen molar-refractivity contribution >= 4 is 40.2 Å². The molecule has 1 unspecified atom stereocenters. The first-order valence-electron chi connectivity index (χ1n) is 7.64. The second kappa shape index (κ2) is 8.47. The highest BCUT2D eigenvalue weighted by atomic mass is 127. The van der Waals surface area contributed by atoms with Crippen LogP contribution in [-0.4, -0.2) is 38.1 Å². The first kappa shape index (κ1) is 17.2. The zero-order chi connectivity index (χ0) is 15.9. The first-order valence-corrected chi connectivity index (χ1v) is 8.72. The molecule has 0 radical (unpaired) electrons. The molecule has 22 heavy (non-hydrogen) atoms. The van der Waals surface area contributed by atoms with E-state index in [1.165, 1.54) is 0 Å². The molecule has 0 aromatic heterocycles. The van der Waals surface area contributed by atoms with Crippen LogP contribution in [0.25, 0.3) is 0 Å². The Labute approximate surface area is 144 Å². The van der Waals surface area contributed by atoms with Crippen molar-refractivity contribution in [1.82, 2.24) is 0 Å². The van der Waals surface area contributed by atoms with Gasteiger partial charge in [-0.15, -0.1) is 0 Å². The van der Waals surface area contributed by atoms with Crippen molar-refractivity contribution < 1.29 is 19.2 Å². The van der Waals surface area contributed by atoms with E-state index in [0.717, 1.165) is 33.5 Å². The molecule has 1 amide bonds. The third kappa shape index (κ3) is 5.24. The Morgan fingerprint density at radius 1 is 1.36 bits per heavy atom. The van der Waals surface area contributed by atoms with Gasteiger partial charge in [0.1, 0.15) is 5.92 Å². The fourth-order valence-electron chi connectivity index (χ4n) is 2.74. The van der Waals surface area contributed by atoms with Crippen LogP contribution in [0.15, 0.2) is 24.3 Å². The third-order valence-corrected chi connectivity index (χ3v) is 4.50. The van der Waals surface area contributed by atoms with Crippen LogP contribution < -0.4 is 10.2 Å². The average Bonchev–Trinajstić information content (AvgIpc) is 2.50. The van der Waals surface area contributed by atoms with Gasteiger partial charge in [-0.1, -0.05) is 0 Å². The van der Waals surface area contributed by atoms with Crippen molar-refractivity contribution in [2.45, 2.75) is 19.8 Å². The number of carbonyl (C=O) groups excluding carboxylic acids is 2. The Kier molecular flexibility index (Phi) is 6.63. The highest BCUT2D eigenvalue weighted by Crippen LogP contribution is 2.11. The minimum atomic E-state index is -0.127. The van der Waals surface area contributed by atoms with E-state index in [-0.39, 0.29) is 17.8 Å². The van der Waals surface area contributed by atoms with E-state index in [0.29, 0.717) is 19.7 Å². The number of anilines is 1. The number of quaternary nitrogens is 1. The molecule has 5 nitrogen and oxygen atoms in total. The van der Waals surface area contributed by atoms with E-state index in [2.05, 4.69) is 27.9 Å². The molecule has 120 valence electrons. The molecule has 1 aliphatic rings.